The zero-order valence-electron chi connectivity index (χ0n) is 40.6. The molecule has 2 aromatic carbocycles. The minimum absolute atomic E-state index is 0.00976. The molecule has 0 spiro atoms. The van der Waals surface area contributed by atoms with Gasteiger partial charge >= 0.3 is 30.0 Å². The number of amides is 2. The third kappa shape index (κ3) is 19.4. The van der Waals surface area contributed by atoms with Gasteiger partial charge in [0.2, 0.25) is 5.91 Å². The number of rotatable bonds is 17. The lowest BCUT2D eigenvalue weighted by atomic mass is 9.98. The molecule has 17 heteroatoms. The highest BCUT2D eigenvalue weighted by Crippen LogP contribution is 2.44. The van der Waals surface area contributed by atoms with Gasteiger partial charge in [-0.1, -0.05) is 48.5 Å². The van der Waals surface area contributed by atoms with E-state index in [9.17, 15) is 33.9 Å². The number of carboxylic acid groups (broad SMARTS) is 1. The normalized spacial score (nSPS) is 16.7. The number of benzene rings is 2. The van der Waals surface area contributed by atoms with Crippen LogP contribution < -0.4 is 10.6 Å². The van der Waals surface area contributed by atoms with Crippen LogP contribution in [0.25, 0.3) is 11.1 Å². The summed E-state index contributed by atoms with van der Waals surface area (Å²) < 4.78 is 22.5. The molecule has 1 heterocycles. The quantitative estimate of drug-likeness (QED) is 0.114. The maximum absolute atomic E-state index is 13.4. The summed E-state index contributed by atoms with van der Waals surface area (Å²) >= 11 is 0. The Balaban J connectivity index is 1.33. The fourth-order valence-corrected chi connectivity index (χ4v) is 7.88. The summed E-state index contributed by atoms with van der Waals surface area (Å²) in [6, 6.07) is 14.8. The average molecular weight is 923 g/mol. The molecule has 4 rings (SSSR count). The first-order chi connectivity index (χ1) is 30.9. The Morgan fingerprint density at radius 2 is 0.970 bits per heavy atom. The zero-order chi connectivity index (χ0) is 48.7. The largest absolute Gasteiger partial charge is 0.480 e. The van der Waals surface area contributed by atoms with Crippen molar-refractivity contribution < 1.29 is 52.8 Å². The molecule has 1 fully saturated rings. The second-order valence-electron chi connectivity index (χ2n) is 20.1. The lowest BCUT2D eigenvalue weighted by molar-refractivity contribution is -0.158. The predicted molar refractivity (Wildman–Crippen MR) is 250 cm³/mol. The molecule has 3 N–H and O–H groups in total. The van der Waals surface area contributed by atoms with E-state index in [1.54, 1.807) is 0 Å². The van der Waals surface area contributed by atoms with Crippen molar-refractivity contribution in [3.63, 3.8) is 0 Å². The molecule has 366 valence electrons. The lowest BCUT2D eigenvalue weighted by Gasteiger charge is -2.34. The Hall–Kier alpha value is -5.10. The third-order valence-electron chi connectivity index (χ3n) is 10.8. The van der Waals surface area contributed by atoms with Gasteiger partial charge in [-0.3, -0.25) is 38.8 Å². The number of nitrogens with zero attached hydrogens (tertiary/aromatic N) is 4. The highest BCUT2D eigenvalue weighted by molar-refractivity contribution is 5.81. The molecule has 0 bridgehead atoms. The number of hydrogen-bond acceptors (Lipinski definition) is 14. The van der Waals surface area contributed by atoms with Crippen molar-refractivity contribution in [2.75, 3.05) is 91.7 Å². The van der Waals surface area contributed by atoms with Crippen molar-refractivity contribution in [1.29, 1.82) is 0 Å². The highest BCUT2D eigenvalue weighted by Gasteiger charge is 2.31. The van der Waals surface area contributed by atoms with Crippen LogP contribution in [-0.2, 0) is 42.9 Å². The molecule has 2 aromatic rings. The molecular weight excluding hydrogens is 849 g/mol. The van der Waals surface area contributed by atoms with E-state index >= 15 is 0 Å². The molecule has 0 saturated carbocycles. The smallest absolute Gasteiger partial charge is 0.407 e. The summed E-state index contributed by atoms with van der Waals surface area (Å²) in [6.45, 7) is 20.0. The van der Waals surface area contributed by atoms with E-state index < -0.39 is 34.9 Å². The number of nitrogens with one attached hydrogen (secondary N) is 2. The number of hydrogen-bond donors (Lipinski definition) is 3. The number of fused-ring (bicyclic) bond motifs is 3. The molecule has 0 unspecified atom stereocenters. The van der Waals surface area contributed by atoms with Crippen LogP contribution in [0, 0.1) is 0 Å². The van der Waals surface area contributed by atoms with E-state index in [0.717, 1.165) is 22.3 Å². The number of carboxylic acids is 1. The molecule has 2 aliphatic rings. The summed E-state index contributed by atoms with van der Waals surface area (Å²) in [5.41, 5.74) is 2.26. The van der Waals surface area contributed by atoms with Crippen molar-refractivity contribution in [1.82, 2.24) is 30.2 Å². The van der Waals surface area contributed by atoms with E-state index in [0.29, 0.717) is 65.2 Å². The van der Waals surface area contributed by atoms with Gasteiger partial charge in [0.15, 0.2) is 0 Å². The van der Waals surface area contributed by atoms with Crippen molar-refractivity contribution in [3.05, 3.63) is 59.7 Å². The molecule has 1 aliphatic heterocycles. The zero-order valence-corrected chi connectivity index (χ0v) is 40.6. The number of aliphatic carboxylic acids is 1. The van der Waals surface area contributed by atoms with E-state index in [-0.39, 0.29) is 75.5 Å². The SMILES string of the molecule is CC(C)(C)OC(=O)CN1CCN(CC(=O)NCCCC[C@H](NC(=O)OCC2c3ccccc3-c3ccccc32)C(=O)O)CCN(CC(=O)OC(C)(C)C)CCN(CC(=O)OC(C)(C)C)CC1. The second kappa shape index (κ2) is 24.6. The first kappa shape index (κ1) is 53.5. The third-order valence-corrected chi connectivity index (χ3v) is 10.8. The molecule has 0 aromatic heterocycles. The van der Waals surface area contributed by atoms with Gasteiger partial charge in [0.1, 0.15) is 29.5 Å². The summed E-state index contributed by atoms with van der Waals surface area (Å²) in [7, 11) is 0. The van der Waals surface area contributed by atoms with Crippen LogP contribution in [0.5, 0.6) is 0 Å². The fraction of sp³-hybridized carbons (Fsp3) is 0.633. The number of ether oxygens (including phenoxy) is 4. The molecule has 1 atom stereocenters. The number of alkyl carbamates (subject to hydrolysis) is 1. The Bertz CT molecular complexity index is 1860. The molecule has 1 saturated heterocycles. The minimum Gasteiger partial charge on any atom is -0.480 e. The molecule has 0 radical (unpaired) electrons. The Morgan fingerprint density at radius 3 is 1.35 bits per heavy atom. The van der Waals surface area contributed by atoms with E-state index in [2.05, 4.69) is 10.6 Å². The second-order valence-corrected chi connectivity index (χ2v) is 20.1. The molecular formula is C49H74N6O11. The Kier molecular flexibility index (Phi) is 20.0. The van der Waals surface area contributed by atoms with Crippen LogP contribution in [0.1, 0.15) is 98.6 Å². The topological polar surface area (TPSA) is 197 Å². The van der Waals surface area contributed by atoms with Crippen molar-refractivity contribution in [2.45, 2.75) is 110 Å². The molecule has 1 aliphatic carbocycles. The van der Waals surface area contributed by atoms with Crippen molar-refractivity contribution in [2.24, 2.45) is 0 Å². The first-order valence-electron chi connectivity index (χ1n) is 23.1. The average Bonchev–Trinajstić information content (AvgIpc) is 3.51. The van der Waals surface area contributed by atoms with Crippen LogP contribution >= 0.6 is 0 Å². The monoisotopic (exact) mass is 923 g/mol. The Labute approximate surface area is 390 Å². The lowest BCUT2D eigenvalue weighted by Crippen LogP contribution is -2.50. The maximum Gasteiger partial charge on any atom is 0.407 e. The van der Waals surface area contributed by atoms with Gasteiger partial charge in [-0.15, -0.1) is 0 Å². The predicted octanol–water partition coefficient (Wildman–Crippen LogP) is 4.51. The van der Waals surface area contributed by atoms with Gasteiger partial charge in [-0.05, 0) is 104 Å². The maximum atomic E-state index is 13.4. The van der Waals surface area contributed by atoms with E-state index in [4.69, 9.17) is 18.9 Å². The molecule has 66 heavy (non-hydrogen) atoms. The van der Waals surface area contributed by atoms with Gasteiger partial charge < -0.3 is 34.7 Å². The summed E-state index contributed by atoms with van der Waals surface area (Å²) in [5.74, 6) is -2.74. The van der Waals surface area contributed by atoms with Crippen LogP contribution in [-0.4, -0.2) is 175 Å². The molecule has 17 nitrogen and oxygen atoms in total. The van der Waals surface area contributed by atoms with E-state index in [1.807, 2.05) is 130 Å². The Morgan fingerprint density at radius 1 is 0.591 bits per heavy atom. The first-order valence-corrected chi connectivity index (χ1v) is 23.1. The van der Waals surface area contributed by atoms with Gasteiger partial charge in [-0.25, -0.2) is 9.59 Å². The van der Waals surface area contributed by atoms with Crippen molar-refractivity contribution in [3.8, 4) is 11.1 Å². The summed E-state index contributed by atoms with van der Waals surface area (Å²) in [4.78, 5) is 85.3. The number of carbonyl (C=O) groups excluding carboxylic acids is 5. The van der Waals surface area contributed by atoms with Crippen LogP contribution in [0.3, 0.4) is 0 Å². The number of unbranched alkanes of at least 4 members (excludes halogenated alkanes) is 1. The van der Waals surface area contributed by atoms with E-state index in [1.165, 1.54) is 0 Å². The van der Waals surface area contributed by atoms with Crippen molar-refractivity contribution >= 4 is 35.9 Å². The number of esters is 3. The fourth-order valence-electron chi connectivity index (χ4n) is 7.88. The summed E-state index contributed by atoms with van der Waals surface area (Å²) in [5, 5.41) is 15.3. The molecule has 2 amide bonds. The van der Waals surface area contributed by atoms with Crippen LogP contribution in [0.4, 0.5) is 4.79 Å². The van der Waals surface area contributed by atoms with Crippen LogP contribution in [0.2, 0.25) is 0 Å². The van der Waals surface area contributed by atoms with Gasteiger partial charge in [0, 0.05) is 64.8 Å². The van der Waals surface area contributed by atoms with Gasteiger partial charge in [0.25, 0.3) is 0 Å². The minimum atomic E-state index is -1.18. The standard InChI is InChI=1S/C49H74N6O11/c1-47(2,3)64-42(57)31-53-24-22-52(23-25-54(32-43(58)65-48(4,5)6)27-29-55(28-26-53)33-44(59)66-49(7,8)9)30-41(56)50-21-15-14-20-40(45(60)61)51-46(62)63-34-39-37-18-12-10-16-35(37)36-17-11-13-19-38(36)39/h10-13,16-19,39-40H,14-15,20-34H2,1-9H3,(H,50,56)(H,51,62)(H,60,61)/t40-/m0/s1. The summed E-state index contributed by atoms with van der Waals surface area (Å²) in [6.07, 6.45) is 0.206. The van der Waals surface area contributed by atoms with Crippen LogP contribution in [0.15, 0.2) is 48.5 Å². The van der Waals surface area contributed by atoms with Gasteiger partial charge in [-0.2, -0.15) is 0 Å². The van der Waals surface area contributed by atoms with Gasteiger partial charge in [0.05, 0.1) is 26.2 Å². The highest BCUT2D eigenvalue weighted by atomic mass is 16.6. The number of carbonyl (C=O) groups is 6.